The number of benzene rings is 1. The second-order valence-electron chi connectivity index (χ2n) is 8.80. The fourth-order valence-corrected chi connectivity index (χ4v) is 3.92. The molecule has 0 amide bonds. The SMILES string of the molecule is CCNC(=NCC(C)(C)c1ccc(CC)cc1)NCCc1nnc2n1CCCCC2. The molecule has 0 fully saturated rings. The monoisotopic (exact) mass is 410 g/mol. The smallest absolute Gasteiger partial charge is 0.191 e. The van der Waals surface area contributed by atoms with Gasteiger partial charge in [-0.1, -0.05) is 51.5 Å². The van der Waals surface area contributed by atoms with Crippen LogP contribution in [-0.2, 0) is 31.2 Å². The predicted octanol–water partition coefficient (Wildman–Crippen LogP) is 3.64. The van der Waals surface area contributed by atoms with Gasteiger partial charge >= 0.3 is 0 Å². The molecule has 2 N–H and O–H groups in total. The van der Waals surface area contributed by atoms with Gasteiger partial charge in [0, 0.05) is 37.9 Å². The molecule has 0 bridgehead atoms. The summed E-state index contributed by atoms with van der Waals surface area (Å²) in [6, 6.07) is 8.94. The Morgan fingerprint density at radius 2 is 1.87 bits per heavy atom. The van der Waals surface area contributed by atoms with Gasteiger partial charge in [-0.25, -0.2) is 0 Å². The maximum Gasteiger partial charge on any atom is 0.191 e. The molecule has 6 heteroatoms. The van der Waals surface area contributed by atoms with Gasteiger partial charge < -0.3 is 15.2 Å². The highest BCUT2D eigenvalue weighted by molar-refractivity contribution is 5.79. The lowest BCUT2D eigenvalue weighted by molar-refractivity contribution is 0.536. The first-order valence-corrected chi connectivity index (χ1v) is 11.6. The number of nitrogens with zero attached hydrogens (tertiary/aromatic N) is 4. The summed E-state index contributed by atoms with van der Waals surface area (Å²) in [4.78, 5) is 4.88. The molecule has 1 aliphatic rings. The Morgan fingerprint density at radius 1 is 1.07 bits per heavy atom. The van der Waals surface area contributed by atoms with Gasteiger partial charge in [-0.2, -0.15) is 0 Å². The molecule has 0 aliphatic carbocycles. The second kappa shape index (κ2) is 10.6. The van der Waals surface area contributed by atoms with E-state index in [1.54, 1.807) is 0 Å². The van der Waals surface area contributed by atoms with Crippen molar-refractivity contribution in [3.8, 4) is 0 Å². The van der Waals surface area contributed by atoms with Crippen LogP contribution in [0.15, 0.2) is 29.3 Å². The molecule has 0 saturated carbocycles. The zero-order valence-corrected chi connectivity index (χ0v) is 19.2. The molecule has 30 heavy (non-hydrogen) atoms. The first kappa shape index (κ1) is 22.3. The normalized spacial score (nSPS) is 14.9. The zero-order valence-electron chi connectivity index (χ0n) is 19.2. The van der Waals surface area contributed by atoms with Crippen molar-refractivity contribution in [1.82, 2.24) is 25.4 Å². The van der Waals surface area contributed by atoms with E-state index in [1.165, 1.54) is 30.4 Å². The molecule has 0 radical (unpaired) electrons. The van der Waals surface area contributed by atoms with E-state index in [-0.39, 0.29) is 5.41 Å². The lowest BCUT2D eigenvalue weighted by Gasteiger charge is -2.24. The molecule has 2 aromatic rings. The van der Waals surface area contributed by atoms with Crippen molar-refractivity contribution < 1.29 is 0 Å². The van der Waals surface area contributed by atoms with Crippen LogP contribution in [0.3, 0.4) is 0 Å². The van der Waals surface area contributed by atoms with Crippen molar-refractivity contribution in [1.29, 1.82) is 0 Å². The number of hydrogen-bond donors (Lipinski definition) is 2. The summed E-state index contributed by atoms with van der Waals surface area (Å²) in [5.41, 5.74) is 2.68. The molecule has 0 saturated heterocycles. The molecule has 3 rings (SSSR count). The topological polar surface area (TPSA) is 67.1 Å². The van der Waals surface area contributed by atoms with Crippen LogP contribution in [0.1, 0.15) is 69.7 Å². The first-order valence-electron chi connectivity index (χ1n) is 11.6. The molecule has 6 nitrogen and oxygen atoms in total. The number of guanidine groups is 1. The minimum atomic E-state index is -0.0149. The highest BCUT2D eigenvalue weighted by Gasteiger charge is 2.20. The average Bonchev–Trinajstić information content (AvgIpc) is 2.98. The van der Waals surface area contributed by atoms with Crippen molar-refractivity contribution in [2.75, 3.05) is 19.6 Å². The largest absolute Gasteiger partial charge is 0.357 e. The molecule has 0 atom stereocenters. The number of aryl methyl sites for hydroxylation is 2. The predicted molar refractivity (Wildman–Crippen MR) is 124 cm³/mol. The molecule has 164 valence electrons. The number of nitrogens with one attached hydrogen (secondary N) is 2. The van der Waals surface area contributed by atoms with Crippen molar-refractivity contribution in [2.45, 2.75) is 78.2 Å². The minimum Gasteiger partial charge on any atom is -0.357 e. The van der Waals surface area contributed by atoms with E-state index in [0.29, 0.717) is 0 Å². The standard InChI is InChI=1S/C24H38N6/c1-5-19-11-13-20(14-12-19)24(3,4)18-27-23(25-6-2)26-16-15-22-29-28-21-10-8-7-9-17-30(21)22/h11-14H,5-10,15-18H2,1-4H3,(H2,25,26,27). The Bertz CT molecular complexity index is 819. The summed E-state index contributed by atoms with van der Waals surface area (Å²) < 4.78 is 2.32. The Balaban J connectivity index is 1.58. The average molecular weight is 411 g/mol. The van der Waals surface area contributed by atoms with E-state index in [4.69, 9.17) is 4.99 Å². The molecular formula is C24H38N6. The van der Waals surface area contributed by atoms with Gasteiger partial charge in [0.15, 0.2) is 5.96 Å². The van der Waals surface area contributed by atoms with E-state index < -0.39 is 0 Å². The number of aromatic nitrogens is 3. The van der Waals surface area contributed by atoms with E-state index in [1.807, 2.05) is 0 Å². The van der Waals surface area contributed by atoms with Crippen LogP contribution in [0.25, 0.3) is 0 Å². The van der Waals surface area contributed by atoms with Crippen LogP contribution in [0.4, 0.5) is 0 Å². The van der Waals surface area contributed by atoms with E-state index in [0.717, 1.165) is 63.0 Å². The van der Waals surface area contributed by atoms with Gasteiger partial charge in [-0.15, -0.1) is 10.2 Å². The van der Waals surface area contributed by atoms with Gasteiger partial charge in [0.05, 0.1) is 6.54 Å². The zero-order chi connectivity index (χ0) is 21.4. The first-order chi connectivity index (χ1) is 14.5. The molecule has 0 spiro atoms. The van der Waals surface area contributed by atoms with Crippen molar-refractivity contribution in [3.05, 3.63) is 47.0 Å². The Morgan fingerprint density at radius 3 is 2.60 bits per heavy atom. The summed E-state index contributed by atoms with van der Waals surface area (Å²) in [6.07, 6.45) is 6.73. The third-order valence-corrected chi connectivity index (χ3v) is 5.95. The van der Waals surface area contributed by atoms with Crippen molar-refractivity contribution in [2.24, 2.45) is 4.99 Å². The van der Waals surface area contributed by atoms with E-state index in [9.17, 15) is 0 Å². The molecule has 1 aliphatic heterocycles. The molecule has 1 aromatic carbocycles. The Hall–Kier alpha value is -2.37. The van der Waals surface area contributed by atoms with Crippen LogP contribution >= 0.6 is 0 Å². The fraction of sp³-hybridized carbons (Fsp3) is 0.625. The minimum absolute atomic E-state index is 0.0149. The molecular weight excluding hydrogens is 372 g/mol. The molecule has 0 unspecified atom stereocenters. The highest BCUT2D eigenvalue weighted by atomic mass is 15.3. The second-order valence-corrected chi connectivity index (χ2v) is 8.80. The van der Waals surface area contributed by atoms with E-state index in [2.05, 4.69) is 77.4 Å². The number of hydrogen-bond acceptors (Lipinski definition) is 3. The Kier molecular flexibility index (Phi) is 7.88. The third kappa shape index (κ3) is 5.83. The lowest BCUT2D eigenvalue weighted by atomic mass is 9.84. The molecule has 2 heterocycles. The van der Waals surface area contributed by atoms with Crippen molar-refractivity contribution in [3.63, 3.8) is 0 Å². The van der Waals surface area contributed by atoms with Crippen LogP contribution in [-0.4, -0.2) is 40.4 Å². The quantitative estimate of drug-likeness (QED) is 0.515. The summed E-state index contributed by atoms with van der Waals surface area (Å²) in [6.45, 7) is 12.2. The summed E-state index contributed by atoms with van der Waals surface area (Å²) >= 11 is 0. The highest BCUT2D eigenvalue weighted by Crippen LogP contribution is 2.24. The Labute approximate surface area is 181 Å². The fourth-order valence-electron chi connectivity index (χ4n) is 3.92. The van der Waals surface area contributed by atoms with Crippen LogP contribution in [0.2, 0.25) is 0 Å². The van der Waals surface area contributed by atoms with Crippen LogP contribution in [0, 0.1) is 0 Å². The number of rotatable bonds is 8. The summed E-state index contributed by atoms with van der Waals surface area (Å²) in [5.74, 6) is 3.11. The van der Waals surface area contributed by atoms with Gasteiger partial charge in [0.2, 0.25) is 0 Å². The number of fused-ring (bicyclic) bond motifs is 1. The third-order valence-electron chi connectivity index (χ3n) is 5.95. The van der Waals surface area contributed by atoms with Gasteiger partial charge in [-0.3, -0.25) is 4.99 Å². The molecule has 1 aromatic heterocycles. The maximum absolute atomic E-state index is 4.88. The van der Waals surface area contributed by atoms with E-state index >= 15 is 0 Å². The van der Waals surface area contributed by atoms with Gasteiger partial charge in [-0.05, 0) is 37.3 Å². The maximum atomic E-state index is 4.88. The van der Waals surface area contributed by atoms with Gasteiger partial charge in [0.25, 0.3) is 0 Å². The van der Waals surface area contributed by atoms with Gasteiger partial charge in [0.1, 0.15) is 11.6 Å². The summed E-state index contributed by atoms with van der Waals surface area (Å²) in [5, 5.41) is 15.7. The lowest BCUT2D eigenvalue weighted by Crippen LogP contribution is -2.39. The summed E-state index contributed by atoms with van der Waals surface area (Å²) in [7, 11) is 0. The number of aliphatic imine (C=N–C) groups is 1. The van der Waals surface area contributed by atoms with Crippen LogP contribution < -0.4 is 10.6 Å². The van der Waals surface area contributed by atoms with Crippen LogP contribution in [0.5, 0.6) is 0 Å². The van der Waals surface area contributed by atoms with Crippen molar-refractivity contribution >= 4 is 5.96 Å².